The highest BCUT2D eigenvalue weighted by Crippen LogP contribution is 2.50. The Balaban J connectivity index is 1.31. The molecule has 2 heterocycles. The first-order valence-corrected chi connectivity index (χ1v) is 10.7. The molecule has 0 bridgehead atoms. The van der Waals surface area contributed by atoms with Crippen LogP contribution >= 0.6 is 22.7 Å². The molecule has 2 aromatic heterocycles. The lowest BCUT2D eigenvalue weighted by molar-refractivity contribution is -0.120. The van der Waals surface area contributed by atoms with Gasteiger partial charge in [-0.25, -0.2) is 0 Å². The number of carbonyl (C=O) groups excluding carboxylic acids is 2. The molecule has 4 nitrogen and oxygen atoms in total. The molecule has 4 rings (SSSR count). The monoisotopic (exact) mass is 396 g/mol. The van der Waals surface area contributed by atoms with Gasteiger partial charge in [0.25, 0.3) is 0 Å². The number of rotatable bonds is 7. The Morgan fingerprint density at radius 2 is 1.70 bits per heavy atom. The minimum atomic E-state index is -0.339. The topological polar surface area (TPSA) is 58.2 Å². The van der Waals surface area contributed by atoms with Crippen molar-refractivity contribution in [2.24, 2.45) is 0 Å². The first-order valence-electron chi connectivity index (χ1n) is 8.89. The first-order chi connectivity index (χ1) is 13.2. The number of hydrogen-bond acceptors (Lipinski definition) is 4. The number of benzene rings is 1. The van der Waals surface area contributed by atoms with Crippen molar-refractivity contribution in [3.8, 4) is 0 Å². The van der Waals surface area contributed by atoms with Gasteiger partial charge in [-0.1, -0.05) is 24.3 Å². The maximum atomic E-state index is 12.7. The Hall–Kier alpha value is -2.44. The fraction of sp³-hybridized carbons (Fsp3) is 0.238. The standard InChI is InChI=1S/C21H20N2O2S2/c24-19(22-14-17-3-1-11-26-17)13-15-5-7-16(8-6-15)23-20(25)21(9-10-21)18-4-2-12-27-18/h1-8,11-12H,9-10,13-14H2,(H,22,24)(H,23,25). The van der Waals surface area contributed by atoms with Gasteiger partial charge in [0.1, 0.15) is 0 Å². The van der Waals surface area contributed by atoms with Crippen LogP contribution in [0, 0.1) is 0 Å². The van der Waals surface area contributed by atoms with E-state index in [-0.39, 0.29) is 17.2 Å². The largest absolute Gasteiger partial charge is 0.351 e. The molecule has 1 aliphatic rings. The summed E-state index contributed by atoms with van der Waals surface area (Å²) in [5.41, 5.74) is 1.36. The second-order valence-corrected chi connectivity index (χ2v) is 8.72. The van der Waals surface area contributed by atoms with Crippen LogP contribution in [0.3, 0.4) is 0 Å². The van der Waals surface area contributed by atoms with E-state index < -0.39 is 0 Å². The van der Waals surface area contributed by atoms with Gasteiger partial charge in [0, 0.05) is 15.4 Å². The molecule has 1 aliphatic carbocycles. The minimum absolute atomic E-state index is 0.00480. The van der Waals surface area contributed by atoms with Gasteiger partial charge in [0.05, 0.1) is 18.4 Å². The normalized spacial score (nSPS) is 14.5. The van der Waals surface area contributed by atoms with Crippen molar-refractivity contribution in [2.75, 3.05) is 5.32 Å². The Kier molecular flexibility index (Phi) is 5.09. The molecule has 0 radical (unpaired) electrons. The molecule has 0 spiro atoms. The fourth-order valence-corrected chi connectivity index (χ4v) is 4.69. The third-order valence-electron chi connectivity index (χ3n) is 4.79. The molecule has 1 saturated carbocycles. The summed E-state index contributed by atoms with van der Waals surface area (Å²) in [6.07, 6.45) is 2.14. The highest BCUT2D eigenvalue weighted by atomic mass is 32.1. The zero-order chi connectivity index (χ0) is 18.7. The summed E-state index contributed by atoms with van der Waals surface area (Å²) >= 11 is 3.27. The molecule has 27 heavy (non-hydrogen) atoms. The summed E-state index contributed by atoms with van der Waals surface area (Å²) in [6, 6.07) is 15.5. The Bertz CT molecular complexity index is 912. The average Bonchev–Trinajstić information content (AvgIpc) is 3.09. The van der Waals surface area contributed by atoms with Crippen LogP contribution in [-0.2, 0) is 28.0 Å². The molecule has 0 saturated heterocycles. The Labute approximate surface area is 166 Å². The van der Waals surface area contributed by atoms with E-state index in [0.717, 1.165) is 33.8 Å². The van der Waals surface area contributed by atoms with Crippen molar-refractivity contribution in [2.45, 2.75) is 31.2 Å². The van der Waals surface area contributed by atoms with E-state index in [1.54, 1.807) is 22.7 Å². The molecule has 2 N–H and O–H groups in total. The van der Waals surface area contributed by atoms with Gasteiger partial charge in [-0.05, 0) is 53.4 Å². The van der Waals surface area contributed by atoms with Crippen LogP contribution in [0.4, 0.5) is 5.69 Å². The van der Waals surface area contributed by atoms with Crippen LogP contribution in [0.25, 0.3) is 0 Å². The summed E-state index contributed by atoms with van der Waals surface area (Å²) in [5, 5.41) is 9.97. The second-order valence-electron chi connectivity index (χ2n) is 6.74. The van der Waals surface area contributed by atoms with E-state index in [2.05, 4.69) is 10.6 Å². The highest BCUT2D eigenvalue weighted by Gasteiger charge is 2.52. The van der Waals surface area contributed by atoms with E-state index in [9.17, 15) is 9.59 Å². The maximum Gasteiger partial charge on any atom is 0.235 e. The van der Waals surface area contributed by atoms with Gasteiger partial charge >= 0.3 is 0 Å². The summed E-state index contributed by atoms with van der Waals surface area (Å²) < 4.78 is 0. The van der Waals surface area contributed by atoms with Gasteiger partial charge in [-0.2, -0.15) is 0 Å². The predicted molar refractivity (Wildman–Crippen MR) is 110 cm³/mol. The molecule has 1 fully saturated rings. The molecule has 2 amide bonds. The first kappa shape index (κ1) is 17.9. The SMILES string of the molecule is O=C(Cc1ccc(NC(=O)C2(c3cccs3)CC2)cc1)NCc1cccs1. The van der Waals surface area contributed by atoms with Gasteiger partial charge in [-0.3, -0.25) is 9.59 Å². The fourth-order valence-electron chi connectivity index (χ4n) is 3.06. The summed E-state index contributed by atoms with van der Waals surface area (Å²) in [7, 11) is 0. The molecule has 6 heteroatoms. The smallest absolute Gasteiger partial charge is 0.235 e. The third kappa shape index (κ3) is 4.12. The number of anilines is 1. The molecule has 138 valence electrons. The van der Waals surface area contributed by atoms with Crippen LogP contribution in [-0.4, -0.2) is 11.8 Å². The van der Waals surface area contributed by atoms with Crippen molar-refractivity contribution >= 4 is 40.2 Å². The van der Waals surface area contributed by atoms with Crippen LogP contribution in [0.15, 0.2) is 59.3 Å². The van der Waals surface area contributed by atoms with Crippen LogP contribution in [0.2, 0.25) is 0 Å². The molecule has 3 aromatic rings. The third-order valence-corrected chi connectivity index (χ3v) is 6.74. The molecule has 0 aliphatic heterocycles. The maximum absolute atomic E-state index is 12.7. The molecular formula is C21H20N2O2S2. The van der Waals surface area contributed by atoms with Gasteiger partial charge in [0.15, 0.2) is 0 Å². The number of thiophene rings is 2. The van der Waals surface area contributed by atoms with Crippen molar-refractivity contribution < 1.29 is 9.59 Å². The van der Waals surface area contributed by atoms with Crippen molar-refractivity contribution in [1.29, 1.82) is 0 Å². The summed E-state index contributed by atoms with van der Waals surface area (Å²) in [4.78, 5) is 27.0. The summed E-state index contributed by atoms with van der Waals surface area (Å²) in [6.45, 7) is 0.565. The Morgan fingerprint density at radius 3 is 2.33 bits per heavy atom. The quantitative estimate of drug-likeness (QED) is 0.624. The van der Waals surface area contributed by atoms with Crippen molar-refractivity contribution in [3.05, 3.63) is 74.6 Å². The second kappa shape index (κ2) is 7.66. The molecule has 0 atom stereocenters. The van der Waals surface area contributed by atoms with Crippen LogP contribution < -0.4 is 10.6 Å². The van der Waals surface area contributed by atoms with E-state index in [0.29, 0.717) is 13.0 Å². The number of nitrogens with one attached hydrogen (secondary N) is 2. The zero-order valence-corrected chi connectivity index (χ0v) is 16.4. The number of carbonyl (C=O) groups is 2. The van der Waals surface area contributed by atoms with E-state index in [1.165, 1.54) is 0 Å². The molecular weight excluding hydrogens is 376 g/mol. The van der Waals surface area contributed by atoms with Gasteiger partial charge in [0.2, 0.25) is 11.8 Å². The Morgan fingerprint density at radius 1 is 0.963 bits per heavy atom. The summed E-state index contributed by atoms with van der Waals surface area (Å²) in [5.74, 6) is 0.0567. The zero-order valence-electron chi connectivity index (χ0n) is 14.7. The lowest BCUT2D eigenvalue weighted by Crippen LogP contribution is -2.27. The lowest BCUT2D eigenvalue weighted by Gasteiger charge is -2.14. The van der Waals surface area contributed by atoms with Crippen LogP contribution in [0.5, 0.6) is 0 Å². The van der Waals surface area contributed by atoms with Gasteiger partial charge < -0.3 is 10.6 Å². The van der Waals surface area contributed by atoms with Crippen molar-refractivity contribution in [1.82, 2.24) is 5.32 Å². The van der Waals surface area contributed by atoms with Crippen LogP contribution in [0.1, 0.15) is 28.2 Å². The predicted octanol–water partition coefficient (Wildman–Crippen LogP) is 4.34. The minimum Gasteiger partial charge on any atom is -0.351 e. The number of amides is 2. The van der Waals surface area contributed by atoms with Gasteiger partial charge in [-0.15, -0.1) is 22.7 Å². The van der Waals surface area contributed by atoms with E-state index >= 15 is 0 Å². The van der Waals surface area contributed by atoms with E-state index in [4.69, 9.17) is 0 Å². The average molecular weight is 397 g/mol. The van der Waals surface area contributed by atoms with E-state index in [1.807, 2.05) is 59.3 Å². The van der Waals surface area contributed by atoms with Crippen molar-refractivity contribution in [3.63, 3.8) is 0 Å². The highest BCUT2D eigenvalue weighted by molar-refractivity contribution is 7.10. The lowest BCUT2D eigenvalue weighted by atomic mass is 10.0. The molecule has 0 unspecified atom stereocenters. The number of hydrogen-bond donors (Lipinski definition) is 2. The molecule has 1 aromatic carbocycles.